The van der Waals surface area contributed by atoms with E-state index < -0.39 is 8.32 Å². The summed E-state index contributed by atoms with van der Waals surface area (Å²) in [5.41, 5.74) is 0.324. The minimum absolute atomic E-state index is 0.324. The van der Waals surface area contributed by atoms with E-state index in [-0.39, 0.29) is 0 Å². The Hall–Kier alpha value is -0.643. The summed E-state index contributed by atoms with van der Waals surface area (Å²) in [6.45, 7) is 0. The van der Waals surface area contributed by atoms with Crippen molar-refractivity contribution in [1.82, 2.24) is 0 Å². The Morgan fingerprint density at radius 2 is 1.93 bits per heavy atom. The van der Waals surface area contributed by atoms with E-state index >= 15 is 0 Å². The van der Waals surface area contributed by atoms with E-state index in [9.17, 15) is 0 Å². The molecule has 0 aromatic heterocycles. The zero-order valence-corrected chi connectivity index (χ0v) is 10.4. The van der Waals surface area contributed by atoms with Crippen molar-refractivity contribution in [1.29, 1.82) is 0 Å². The second-order valence-corrected chi connectivity index (χ2v) is 7.98. The minimum atomic E-state index is -1.83. The van der Waals surface area contributed by atoms with Gasteiger partial charge in [0.05, 0.1) is 5.73 Å². The van der Waals surface area contributed by atoms with Crippen molar-refractivity contribution in [2.24, 2.45) is 0 Å². The topological polar surface area (TPSA) is 18.5 Å². The second-order valence-electron chi connectivity index (χ2n) is 4.08. The molecule has 0 amide bonds. The number of rotatable bonds is 3. The van der Waals surface area contributed by atoms with Gasteiger partial charge in [-0.05, 0) is 17.7 Å². The van der Waals surface area contributed by atoms with E-state index in [1.165, 1.54) is 17.7 Å². The van der Waals surface area contributed by atoms with Crippen LogP contribution in [0.15, 0.2) is 30.3 Å². The van der Waals surface area contributed by atoms with Crippen LogP contribution < -0.4 is 5.19 Å². The van der Waals surface area contributed by atoms with Crippen molar-refractivity contribution in [2.45, 2.75) is 24.6 Å². The molecule has 0 bridgehead atoms. The zero-order chi connectivity index (χ0) is 10.7. The molecule has 3 heteroatoms. The Labute approximate surface area is 92.3 Å². The van der Waals surface area contributed by atoms with Crippen molar-refractivity contribution in [3.05, 3.63) is 30.3 Å². The first kappa shape index (κ1) is 10.9. The van der Waals surface area contributed by atoms with Crippen LogP contribution in [0.5, 0.6) is 0 Å². The van der Waals surface area contributed by atoms with Gasteiger partial charge in [-0.2, -0.15) is 0 Å². The van der Waals surface area contributed by atoms with Crippen LogP contribution >= 0.6 is 0 Å². The van der Waals surface area contributed by atoms with E-state index in [2.05, 4.69) is 30.3 Å². The van der Waals surface area contributed by atoms with Gasteiger partial charge in [0, 0.05) is 14.2 Å². The molecule has 2 atom stereocenters. The fourth-order valence-corrected chi connectivity index (χ4v) is 6.88. The van der Waals surface area contributed by atoms with Gasteiger partial charge in [-0.3, -0.25) is 0 Å². The van der Waals surface area contributed by atoms with Crippen molar-refractivity contribution in [3.8, 4) is 0 Å². The summed E-state index contributed by atoms with van der Waals surface area (Å²) in [6.07, 6.45) is 2.37. The van der Waals surface area contributed by atoms with Gasteiger partial charge in [-0.1, -0.05) is 36.8 Å². The van der Waals surface area contributed by atoms with E-state index in [0.29, 0.717) is 5.73 Å². The molecule has 1 aliphatic heterocycles. The number of methoxy groups -OCH3 is 1. The molecule has 15 heavy (non-hydrogen) atoms. The lowest BCUT2D eigenvalue weighted by Crippen LogP contribution is -2.57. The van der Waals surface area contributed by atoms with Gasteiger partial charge in [0.1, 0.15) is 0 Å². The summed E-state index contributed by atoms with van der Waals surface area (Å²) < 4.78 is 11.5. The maximum Gasteiger partial charge on any atom is 0.251 e. The third kappa shape index (κ3) is 1.75. The normalized spacial score (nSPS) is 30.7. The van der Waals surface area contributed by atoms with Gasteiger partial charge >= 0.3 is 0 Å². The highest BCUT2D eigenvalue weighted by Crippen LogP contribution is 2.31. The second kappa shape index (κ2) is 4.47. The average Bonchev–Trinajstić information content (AvgIpc) is 2.74. The lowest BCUT2D eigenvalue weighted by atomic mass is 10.4. The molecule has 0 radical (unpaired) electrons. The molecule has 0 aliphatic carbocycles. The average molecular weight is 222 g/mol. The Morgan fingerprint density at radius 3 is 2.53 bits per heavy atom. The first-order valence-electron chi connectivity index (χ1n) is 5.47. The molecule has 1 aromatic carbocycles. The Balaban J connectivity index is 2.36. The lowest BCUT2D eigenvalue weighted by Gasteiger charge is -2.30. The standard InChI is InChI=1S/C12H18O2Si/c1-13-12-9-6-10-15(12,14-2)11-7-4-3-5-8-11/h3-5,7-8,12H,6,9-10H2,1-2H3. The fourth-order valence-electron chi connectivity index (χ4n) is 2.65. The first-order chi connectivity index (χ1) is 7.33. The molecular weight excluding hydrogens is 204 g/mol. The van der Waals surface area contributed by atoms with Gasteiger partial charge in [0.15, 0.2) is 0 Å². The minimum Gasteiger partial charge on any atom is -0.413 e. The largest absolute Gasteiger partial charge is 0.413 e. The number of ether oxygens (including phenoxy) is 1. The van der Waals surface area contributed by atoms with Gasteiger partial charge in [-0.15, -0.1) is 0 Å². The van der Waals surface area contributed by atoms with Crippen LogP contribution in [0.2, 0.25) is 6.04 Å². The maximum atomic E-state index is 5.90. The summed E-state index contributed by atoms with van der Waals surface area (Å²) in [6, 6.07) is 11.8. The molecule has 2 rings (SSSR count). The number of hydrogen-bond acceptors (Lipinski definition) is 2. The predicted molar refractivity (Wildman–Crippen MR) is 63.7 cm³/mol. The van der Waals surface area contributed by atoms with Crippen LogP contribution in [0.1, 0.15) is 12.8 Å². The number of hydrogen-bond donors (Lipinski definition) is 0. The molecule has 2 unspecified atom stereocenters. The first-order valence-corrected chi connectivity index (χ1v) is 7.66. The van der Waals surface area contributed by atoms with Gasteiger partial charge in [0.25, 0.3) is 8.32 Å². The fraction of sp³-hybridized carbons (Fsp3) is 0.500. The van der Waals surface area contributed by atoms with Gasteiger partial charge in [0.2, 0.25) is 0 Å². The summed E-state index contributed by atoms with van der Waals surface area (Å²) in [4.78, 5) is 0. The Bertz CT molecular complexity index is 315. The molecule has 1 aliphatic rings. The van der Waals surface area contributed by atoms with E-state index in [4.69, 9.17) is 9.16 Å². The zero-order valence-electron chi connectivity index (χ0n) is 9.40. The van der Waals surface area contributed by atoms with Crippen LogP contribution in [0.3, 0.4) is 0 Å². The van der Waals surface area contributed by atoms with Crippen LogP contribution in [0.25, 0.3) is 0 Å². The van der Waals surface area contributed by atoms with E-state index in [0.717, 1.165) is 6.42 Å². The molecule has 1 fully saturated rings. The van der Waals surface area contributed by atoms with Crippen molar-refractivity contribution < 1.29 is 9.16 Å². The summed E-state index contributed by atoms with van der Waals surface area (Å²) in [5, 5.41) is 1.37. The van der Waals surface area contributed by atoms with Crippen LogP contribution in [0.4, 0.5) is 0 Å². The van der Waals surface area contributed by atoms with Crippen molar-refractivity contribution in [3.63, 3.8) is 0 Å². The van der Waals surface area contributed by atoms with E-state index in [1.54, 1.807) is 7.11 Å². The molecule has 2 nitrogen and oxygen atoms in total. The summed E-state index contributed by atoms with van der Waals surface area (Å²) >= 11 is 0. The quantitative estimate of drug-likeness (QED) is 0.727. The Morgan fingerprint density at radius 1 is 1.20 bits per heavy atom. The van der Waals surface area contributed by atoms with Crippen LogP contribution in [0, 0.1) is 0 Å². The summed E-state index contributed by atoms with van der Waals surface area (Å²) in [7, 11) is 1.82. The Kier molecular flexibility index (Phi) is 3.24. The molecular formula is C12H18O2Si. The third-order valence-electron chi connectivity index (χ3n) is 3.45. The maximum absolute atomic E-state index is 5.90. The van der Waals surface area contributed by atoms with E-state index in [1.807, 2.05) is 7.11 Å². The molecule has 1 heterocycles. The summed E-state index contributed by atoms with van der Waals surface area (Å²) in [5.74, 6) is 0. The highest BCUT2D eigenvalue weighted by atomic mass is 28.4. The third-order valence-corrected chi connectivity index (χ3v) is 8.15. The molecule has 1 saturated heterocycles. The van der Waals surface area contributed by atoms with Crippen molar-refractivity contribution in [2.75, 3.05) is 14.2 Å². The van der Waals surface area contributed by atoms with Crippen LogP contribution in [-0.4, -0.2) is 28.3 Å². The highest BCUT2D eigenvalue weighted by molar-refractivity contribution is 6.88. The highest BCUT2D eigenvalue weighted by Gasteiger charge is 2.48. The molecule has 0 saturated carbocycles. The van der Waals surface area contributed by atoms with Gasteiger partial charge in [-0.25, -0.2) is 0 Å². The lowest BCUT2D eigenvalue weighted by molar-refractivity contribution is 0.143. The molecule has 0 spiro atoms. The SMILES string of the molecule is COC1CCC[Si]1(OC)c1ccccc1. The van der Waals surface area contributed by atoms with Crippen LogP contribution in [-0.2, 0) is 9.16 Å². The monoisotopic (exact) mass is 222 g/mol. The molecule has 82 valence electrons. The number of benzene rings is 1. The van der Waals surface area contributed by atoms with Gasteiger partial charge < -0.3 is 9.16 Å². The molecule has 1 aromatic rings. The predicted octanol–water partition coefficient (Wildman–Crippen LogP) is 1.83. The molecule has 0 N–H and O–H groups in total. The van der Waals surface area contributed by atoms with Crippen molar-refractivity contribution >= 4 is 13.5 Å². The smallest absolute Gasteiger partial charge is 0.251 e.